The fourth-order valence-electron chi connectivity index (χ4n) is 3.51. The van der Waals surface area contributed by atoms with Crippen LogP contribution in [0.25, 0.3) is 11.0 Å². The SMILES string of the molecule is CC(C)C(=O)Nc1ccc(CCc2nc3ccc(C(=O)NCc4ccc(F)cc4)cc3[nH]2)cc1. The molecule has 34 heavy (non-hydrogen) atoms. The first kappa shape index (κ1) is 23.2. The van der Waals surface area contributed by atoms with Crippen LogP contribution >= 0.6 is 0 Å². The zero-order valence-corrected chi connectivity index (χ0v) is 19.2. The molecule has 0 saturated heterocycles. The minimum absolute atomic E-state index is 0.00136. The second-order valence-corrected chi connectivity index (χ2v) is 8.57. The molecule has 4 aromatic rings. The van der Waals surface area contributed by atoms with E-state index in [-0.39, 0.29) is 23.5 Å². The number of amides is 2. The van der Waals surface area contributed by atoms with E-state index < -0.39 is 0 Å². The third-order valence-electron chi connectivity index (χ3n) is 5.56. The Balaban J connectivity index is 1.35. The van der Waals surface area contributed by atoms with Crippen LogP contribution in [0.4, 0.5) is 10.1 Å². The molecule has 0 spiro atoms. The van der Waals surface area contributed by atoms with Crippen LogP contribution in [0.5, 0.6) is 0 Å². The van der Waals surface area contributed by atoms with Gasteiger partial charge in [-0.1, -0.05) is 38.1 Å². The monoisotopic (exact) mass is 458 g/mol. The van der Waals surface area contributed by atoms with Crippen LogP contribution in [-0.2, 0) is 24.2 Å². The van der Waals surface area contributed by atoms with Gasteiger partial charge < -0.3 is 15.6 Å². The van der Waals surface area contributed by atoms with Gasteiger partial charge in [0.1, 0.15) is 11.6 Å². The molecular formula is C27H27FN4O2. The lowest BCUT2D eigenvalue weighted by Crippen LogP contribution is -2.22. The number of aromatic nitrogens is 2. The third-order valence-corrected chi connectivity index (χ3v) is 5.56. The Bertz CT molecular complexity index is 1290. The molecule has 3 N–H and O–H groups in total. The van der Waals surface area contributed by atoms with E-state index in [4.69, 9.17) is 0 Å². The highest BCUT2D eigenvalue weighted by molar-refractivity contribution is 5.97. The lowest BCUT2D eigenvalue weighted by molar-refractivity contribution is -0.118. The van der Waals surface area contributed by atoms with E-state index in [1.807, 2.05) is 44.2 Å². The summed E-state index contributed by atoms with van der Waals surface area (Å²) in [5, 5.41) is 5.74. The van der Waals surface area contributed by atoms with Crippen molar-refractivity contribution in [2.45, 2.75) is 33.2 Å². The van der Waals surface area contributed by atoms with Gasteiger partial charge in [-0.15, -0.1) is 0 Å². The molecule has 3 aromatic carbocycles. The number of anilines is 1. The number of nitrogens with zero attached hydrogens (tertiary/aromatic N) is 1. The predicted octanol–water partition coefficient (Wildman–Crippen LogP) is 5.01. The molecule has 2 amide bonds. The molecular weight excluding hydrogens is 431 g/mol. The summed E-state index contributed by atoms with van der Waals surface area (Å²) < 4.78 is 13.0. The first-order valence-corrected chi connectivity index (χ1v) is 11.3. The molecule has 0 aliphatic carbocycles. The maximum absolute atomic E-state index is 13.0. The highest BCUT2D eigenvalue weighted by atomic mass is 19.1. The lowest BCUT2D eigenvalue weighted by atomic mass is 10.1. The van der Waals surface area contributed by atoms with Gasteiger partial charge in [0.15, 0.2) is 0 Å². The summed E-state index contributed by atoms with van der Waals surface area (Å²) in [6.07, 6.45) is 1.52. The van der Waals surface area contributed by atoms with Gasteiger partial charge in [-0.25, -0.2) is 9.37 Å². The average molecular weight is 459 g/mol. The zero-order valence-electron chi connectivity index (χ0n) is 19.2. The molecule has 0 fully saturated rings. The first-order valence-electron chi connectivity index (χ1n) is 11.3. The van der Waals surface area contributed by atoms with E-state index in [9.17, 15) is 14.0 Å². The molecule has 0 aliphatic rings. The van der Waals surface area contributed by atoms with Crippen molar-refractivity contribution in [3.63, 3.8) is 0 Å². The van der Waals surface area contributed by atoms with Crippen molar-refractivity contribution in [2.75, 3.05) is 5.32 Å². The van der Waals surface area contributed by atoms with Gasteiger partial charge in [-0.05, 0) is 60.0 Å². The molecule has 0 bridgehead atoms. The van der Waals surface area contributed by atoms with Crippen molar-refractivity contribution in [1.29, 1.82) is 0 Å². The number of carbonyl (C=O) groups excluding carboxylic acids is 2. The maximum atomic E-state index is 13.0. The predicted molar refractivity (Wildman–Crippen MR) is 131 cm³/mol. The van der Waals surface area contributed by atoms with Gasteiger partial charge in [0.25, 0.3) is 5.91 Å². The van der Waals surface area contributed by atoms with Crippen LogP contribution in [0.3, 0.4) is 0 Å². The summed E-state index contributed by atoms with van der Waals surface area (Å²) in [6.45, 7) is 4.05. The Hall–Kier alpha value is -4.00. The van der Waals surface area contributed by atoms with Crippen molar-refractivity contribution >= 4 is 28.5 Å². The number of hydrogen-bond acceptors (Lipinski definition) is 3. The largest absolute Gasteiger partial charge is 0.348 e. The molecule has 174 valence electrons. The normalized spacial score (nSPS) is 11.1. The molecule has 4 rings (SSSR count). The number of aromatic amines is 1. The smallest absolute Gasteiger partial charge is 0.251 e. The summed E-state index contributed by atoms with van der Waals surface area (Å²) in [5.41, 5.74) is 4.90. The Morgan fingerprint density at radius 3 is 2.35 bits per heavy atom. The highest BCUT2D eigenvalue weighted by Gasteiger charge is 2.10. The molecule has 0 saturated carbocycles. The number of aryl methyl sites for hydroxylation is 2. The number of fused-ring (bicyclic) bond motifs is 1. The first-order chi connectivity index (χ1) is 16.4. The zero-order chi connectivity index (χ0) is 24.1. The Morgan fingerprint density at radius 2 is 1.65 bits per heavy atom. The van der Waals surface area contributed by atoms with Gasteiger partial charge in [-0.3, -0.25) is 9.59 Å². The van der Waals surface area contributed by atoms with E-state index in [1.165, 1.54) is 12.1 Å². The number of H-pyrrole nitrogens is 1. The molecule has 0 unspecified atom stereocenters. The van der Waals surface area contributed by atoms with Crippen LogP contribution in [-0.4, -0.2) is 21.8 Å². The summed E-state index contributed by atoms with van der Waals surface area (Å²) in [5.74, 6) is 0.276. The highest BCUT2D eigenvalue weighted by Crippen LogP contribution is 2.17. The fraction of sp³-hybridized carbons (Fsp3) is 0.222. The van der Waals surface area contributed by atoms with Crippen molar-refractivity contribution in [3.05, 3.63) is 95.1 Å². The van der Waals surface area contributed by atoms with E-state index in [0.717, 1.165) is 46.5 Å². The van der Waals surface area contributed by atoms with Gasteiger partial charge in [0.05, 0.1) is 11.0 Å². The van der Waals surface area contributed by atoms with E-state index in [0.29, 0.717) is 12.1 Å². The Labute approximate surface area is 197 Å². The summed E-state index contributed by atoms with van der Waals surface area (Å²) in [6, 6.07) is 19.2. The summed E-state index contributed by atoms with van der Waals surface area (Å²) in [4.78, 5) is 32.3. The molecule has 0 atom stereocenters. The lowest BCUT2D eigenvalue weighted by Gasteiger charge is -2.08. The number of rotatable bonds is 8. The minimum Gasteiger partial charge on any atom is -0.348 e. The van der Waals surface area contributed by atoms with Crippen LogP contribution in [0.15, 0.2) is 66.7 Å². The topological polar surface area (TPSA) is 86.9 Å². The van der Waals surface area contributed by atoms with Gasteiger partial charge >= 0.3 is 0 Å². The number of hydrogen-bond donors (Lipinski definition) is 3. The second kappa shape index (κ2) is 10.3. The third kappa shape index (κ3) is 5.86. The second-order valence-electron chi connectivity index (χ2n) is 8.57. The van der Waals surface area contributed by atoms with Crippen molar-refractivity contribution in [2.24, 2.45) is 5.92 Å². The number of imidazole rings is 1. The van der Waals surface area contributed by atoms with Gasteiger partial charge in [0, 0.05) is 30.1 Å². The minimum atomic E-state index is -0.303. The number of nitrogens with one attached hydrogen (secondary N) is 3. The fourth-order valence-corrected chi connectivity index (χ4v) is 3.51. The van der Waals surface area contributed by atoms with E-state index in [2.05, 4.69) is 20.6 Å². The van der Waals surface area contributed by atoms with E-state index >= 15 is 0 Å². The molecule has 1 heterocycles. The van der Waals surface area contributed by atoms with Gasteiger partial charge in [-0.2, -0.15) is 0 Å². The molecule has 7 heteroatoms. The molecule has 1 aromatic heterocycles. The van der Waals surface area contributed by atoms with Crippen LogP contribution < -0.4 is 10.6 Å². The summed E-state index contributed by atoms with van der Waals surface area (Å²) >= 11 is 0. The average Bonchev–Trinajstić information content (AvgIpc) is 3.25. The molecule has 0 aliphatic heterocycles. The quantitative estimate of drug-likeness (QED) is 0.347. The van der Waals surface area contributed by atoms with E-state index in [1.54, 1.807) is 24.3 Å². The van der Waals surface area contributed by atoms with Crippen LogP contribution in [0.2, 0.25) is 0 Å². The van der Waals surface area contributed by atoms with Crippen molar-refractivity contribution < 1.29 is 14.0 Å². The van der Waals surface area contributed by atoms with Crippen molar-refractivity contribution in [1.82, 2.24) is 15.3 Å². The maximum Gasteiger partial charge on any atom is 0.251 e. The Kier molecular flexibility index (Phi) is 7.01. The van der Waals surface area contributed by atoms with Crippen LogP contribution in [0, 0.1) is 11.7 Å². The van der Waals surface area contributed by atoms with Gasteiger partial charge in [0.2, 0.25) is 5.91 Å². The van der Waals surface area contributed by atoms with Crippen molar-refractivity contribution in [3.8, 4) is 0 Å². The number of carbonyl (C=O) groups is 2. The molecule has 0 radical (unpaired) electrons. The summed E-state index contributed by atoms with van der Waals surface area (Å²) in [7, 11) is 0. The van der Waals surface area contributed by atoms with Crippen LogP contribution in [0.1, 0.15) is 41.2 Å². The Morgan fingerprint density at radius 1 is 0.941 bits per heavy atom. The standard InChI is InChI=1S/C27H27FN4O2/c1-17(2)26(33)30-22-11-5-18(6-12-22)7-14-25-31-23-13-8-20(15-24(23)32-25)27(34)29-16-19-3-9-21(28)10-4-19/h3-6,8-13,15,17H,7,14,16H2,1-2H3,(H,29,34)(H,30,33)(H,31,32). The molecule has 6 nitrogen and oxygen atoms in total. The number of benzene rings is 3. The number of halogens is 1.